The molecule has 0 radical (unpaired) electrons. The zero-order valence-electron chi connectivity index (χ0n) is 13.7. The molecule has 0 fully saturated rings. The van der Waals surface area contributed by atoms with Gasteiger partial charge in [-0.2, -0.15) is 0 Å². The first kappa shape index (κ1) is 17.5. The van der Waals surface area contributed by atoms with Crippen molar-refractivity contribution < 1.29 is 4.79 Å². The second kappa shape index (κ2) is 7.71. The Balaban J connectivity index is 1.69. The highest BCUT2D eigenvalue weighted by Crippen LogP contribution is 2.19. The lowest BCUT2D eigenvalue weighted by atomic mass is 10.2. The Morgan fingerprint density at radius 1 is 1.12 bits per heavy atom. The molecule has 8 heteroatoms. The van der Waals surface area contributed by atoms with Gasteiger partial charge in [0, 0.05) is 24.6 Å². The number of nitrogen functional groups attached to an aromatic ring is 2. The number of hydrogen-bond donors (Lipinski definition) is 4. The molecule has 26 heavy (non-hydrogen) atoms. The highest BCUT2D eigenvalue weighted by atomic mass is 35.5. The predicted molar refractivity (Wildman–Crippen MR) is 104 cm³/mol. The van der Waals surface area contributed by atoms with Crippen LogP contribution in [0.15, 0.2) is 54.9 Å². The number of halogens is 1. The molecule has 0 saturated heterocycles. The zero-order valence-corrected chi connectivity index (χ0v) is 14.5. The zero-order chi connectivity index (χ0) is 18.5. The van der Waals surface area contributed by atoms with Crippen LogP contribution in [0.25, 0.3) is 0 Å². The van der Waals surface area contributed by atoms with Gasteiger partial charge in [-0.1, -0.05) is 23.7 Å². The summed E-state index contributed by atoms with van der Waals surface area (Å²) in [5.41, 5.74) is 14.3. The summed E-state index contributed by atoms with van der Waals surface area (Å²) in [4.78, 5) is 20.4. The molecule has 0 saturated carbocycles. The van der Waals surface area contributed by atoms with Crippen LogP contribution in [0, 0.1) is 0 Å². The third-order valence-corrected chi connectivity index (χ3v) is 3.81. The molecule has 7 nitrogen and oxygen atoms in total. The molecule has 0 bridgehead atoms. The van der Waals surface area contributed by atoms with Crippen LogP contribution in [0.4, 0.5) is 22.9 Å². The maximum absolute atomic E-state index is 12.3. The SMILES string of the molecule is Nc1cc(Cl)cnc1C(=O)Nc1cccc(CNc2cccnc2N)c1. The summed E-state index contributed by atoms with van der Waals surface area (Å²) in [5, 5.41) is 6.37. The van der Waals surface area contributed by atoms with Crippen LogP contribution in [0.2, 0.25) is 5.02 Å². The molecule has 2 heterocycles. The molecular formula is C18H17ClN6O. The van der Waals surface area contributed by atoms with E-state index in [1.165, 1.54) is 12.3 Å². The van der Waals surface area contributed by atoms with E-state index in [1.54, 1.807) is 18.3 Å². The molecule has 0 unspecified atom stereocenters. The number of nitrogens with two attached hydrogens (primary N) is 2. The number of hydrogen-bond acceptors (Lipinski definition) is 6. The molecule has 0 spiro atoms. The van der Waals surface area contributed by atoms with Gasteiger partial charge in [-0.3, -0.25) is 4.79 Å². The molecule has 0 aliphatic rings. The standard InChI is InChI=1S/C18H17ClN6O/c19-12-8-14(20)16(24-10-12)18(26)25-13-4-1-3-11(7-13)9-23-15-5-2-6-22-17(15)21/h1-8,10,23H,9,20H2,(H2,21,22)(H,25,26). The van der Waals surface area contributed by atoms with Crippen molar-refractivity contribution >= 4 is 40.4 Å². The van der Waals surface area contributed by atoms with Gasteiger partial charge in [-0.05, 0) is 35.9 Å². The minimum absolute atomic E-state index is 0.126. The molecular weight excluding hydrogens is 352 g/mol. The van der Waals surface area contributed by atoms with E-state index in [9.17, 15) is 4.79 Å². The molecule has 3 aromatic rings. The number of benzene rings is 1. The van der Waals surface area contributed by atoms with Gasteiger partial charge in [0.15, 0.2) is 5.69 Å². The number of aromatic nitrogens is 2. The van der Waals surface area contributed by atoms with E-state index in [-0.39, 0.29) is 11.4 Å². The van der Waals surface area contributed by atoms with Crippen molar-refractivity contribution in [3.05, 3.63) is 71.1 Å². The fraction of sp³-hybridized carbons (Fsp3) is 0.0556. The number of pyridine rings is 2. The highest BCUT2D eigenvalue weighted by molar-refractivity contribution is 6.30. The summed E-state index contributed by atoms with van der Waals surface area (Å²) in [6.07, 6.45) is 3.01. The third kappa shape index (κ3) is 4.20. The van der Waals surface area contributed by atoms with Gasteiger partial charge in [0.25, 0.3) is 5.91 Å². The Labute approximate surface area is 155 Å². The second-order valence-electron chi connectivity index (χ2n) is 5.54. The van der Waals surface area contributed by atoms with Crippen LogP contribution in [-0.2, 0) is 6.54 Å². The van der Waals surface area contributed by atoms with Crippen LogP contribution < -0.4 is 22.1 Å². The summed E-state index contributed by atoms with van der Waals surface area (Å²) in [6.45, 7) is 0.529. The van der Waals surface area contributed by atoms with E-state index in [0.717, 1.165) is 11.3 Å². The topological polar surface area (TPSA) is 119 Å². The van der Waals surface area contributed by atoms with Crippen LogP contribution in [0.5, 0.6) is 0 Å². The Morgan fingerprint density at radius 3 is 2.73 bits per heavy atom. The van der Waals surface area contributed by atoms with Crippen LogP contribution in [0.1, 0.15) is 16.1 Å². The number of carbonyl (C=O) groups excluding carboxylic acids is 1. The second-order valence-corrected chi connectivity index (χ2v) is 5.97. The summed E-state index contributed by atoms with van der Waals surface area (Å²) >= 11 is 5.80. The molecule has 1 amide bonds. The molecule has 6 N–H and O–H groups in total. The third-order valence-electron chi connectivity index (χ3n) is 3.61. The summed E-state index contributed by atoms with van der Waals surface area (Å²) in [6, 6.07) is 12.6. The van der Waals surface area contributed by atoms with Gasteiger partial charge in [0.1, 0.15) is 5.82 Å². The first-order valence-electron chi connectivity index (χ1n) is 7.78. The number of carbonyl (C=O) groups is 1. The fourth-order valence-corrected chi connectivity index (χ4v) is 2.52. The molecule has 3 rings (SSSR count). The predicted octanol–water partition coefficient (Wildman–Crippen LogP) is 3.16. The van der Waals surface area contributed by atoms with E-state index >= 15 is 0 Å². The minimum Gasteiger partial charge on any atom is -0.397 e. The highest BCUT2D eigenvalue weighted by Gasteiger charge is 2.12. The van der Waals surface area contributed by atoms with Crippen molar-refractivity contribution in [1.29, 1.82) is 0 Å². The number of nitrogens with one attached hydrogen (secondary N) is 2. The number of amides is 1. The van der Waals surface area contributed by atoms with Crippen molar-refractivity contribution in [3.8, 4) is 0 Å². The van der Waals surface area contributed by atoms with Crippen LogP contribution in [-0.4, -0.2) is 15.9 Å². The average Bonchev–Trinajstić information content (AvgIpc) is 2.61. The minimum atomic E-state index is -0.402. The lowest BCUT2D eigenvalue weighted by Gasteiger charge is -2.11. The van der Waals surface area contributed by atoms with E-state index in [1.807, 2.05) is 24.3 Å². The Morgan fingerprint density at radius 2 is 1.96 bits per heavy atom. The largest absolute Gasteiger partial charge is 0.397 e. The Hall–Kier alpha value is -3.32. The van der Waals surface area contributed by atoms with Crippen molar-refractivity contribution in [2.45, 2.75) is 6.54 Å². The summed E-state index contributed by atoms with van der Waals surface area (Å²) in [7, 11) is 0. The molecule has 0 atom stereocenters. The maximum Gasteiger partial charge on any atom is 0.276 e. The lowest BCUT2D eigenvalue weighted by Crippen LogP contribution is -2.16. The van der Waals surface area contributed by atoms with Crippen molar-refractivity contribution in [3.63, 3.8) is 0 Å². The Kier molecular flexibility index (Phi) is 5.19. The van der Waals surface area contributed by atoms with E-state index in [2.05, 4.69) is 20.6 Å². The number of rotatable bonds is 5. The van der Waals surface area contributed by atoms with Crippen molar-refractivity contribution in [1.82, 2.24) is 9.97 Å². The van der Waals surface area contributed by atoms with E-state index in [4.69, 9.17) is 23.1 Å². The van der Waals surface area contributed by atoms with Gasteiger partial charge in [0.2, 0.25) is 0 Å². The van der Waals surface area contributed by atoms with Crippen molar-refractivity contribution in [2.75, 3.05) is 22.1 Å². The van der Waals surface area contributed by atoms with E-state index in [0.29, 0.717) is 23.1 Å². The molecule has 1 aromatic carbocycles. The maximum atomic E-state index is 12.3. The van der Waals surface area contributed by atoms with Gasteiger partial charge in [-0.15, -0.1) is 0 Å². The summed E-state index contributed by atoms with van der Waals surface area (Å²) < 4.78 is 0. The Bertz CT molecular complexity index is 946. The molecule has 132 valence electrons. The smallest absolute Gasteiger partial charge is 0.276 e. The lowest BCUT2D eigenvalue weighted by molar-refractivity contribution is 0.102. The van der Waals surface area contributed by atoms with Gasteiger partial charge in [0.05, 0.1) is 16.4 Å². The van der Waals surface area contributed by atoms with Gasteiger partial charge < -0.3 is 22.1 Å². The normalized spacial score (nSPS) is 10.3. The van der Waals surface area contributed by atoms with E-state index < -0.39 is 5.91 Å². The summed E-state index contributed by atoms with van der Waals surface area (Å²) in [5.74, 6) is 0.0297. The number of nitrogens with zero attached hydrogens (tertiary/aromatic N) is 2. The monoisotopic (exact) mass is 368 g/mol. The van der Waals surface area contributed by atoms with Crippen LogP contribution >= 0.6 is 11.6 Å². The fourth-order valence-electron chi connectivity index (χ4n) is 2.36. The van der Waals surface area contributed by atoms with Crippen molar-refractivity contribution in [2.24, 2.45) is 0 Å². The average molecular weight is 369 g/mol. The molecule has 2 aromatic heterocycles. The first-order chi connectivity index (χ1) is 12.5. The quantitative estimate of drug-likeness (QED) is 0.549. The van der Waals surface area contributed by atoms with Gasteiger partial charge in [-0.25, -0.2) is 9.97 Å². The van der Waals surface area contributed by atoms with Gasteiger partial charge >= 0.3 is 0 Å². The molecule has 0 aliphatic heterocycles. The molecule has 0 aliphatic carbocycles. The number of anilines is 4. The van der Waals surface area contributed by atoms with Crippen LogP contribution in [0.3, 0.4) is 0 Å². The first-order valence-corrected chi connectivity index (χ1v) is 8.16.